The number of carbonyl (C=O) groups excluding carboxylic acids is 1. The molecule has 0 bridgehead atoms. The van der Waals surface area contributed by atoms with Gasteiger partial charge in [-0.2, -0.15) is 11.1 Å². The first-order chi connectivity index (χ1) is 8.83. The molecule has 0 amide bonds. The summed E-state index contributed by atoms with van der Waals surface area (Å²) in [5, 5.41) is 3.83. The molecule has 2 heterocycles. The smallest absolute Gasteiger partial charge is 0.417 e. The molecular weight excluding hydrogens is 259 g/mol. The van der Waals surface area contributed by atoms with Crippen LogP contribution in [-0.2, 0) is 4.79 Å². The van der Waals surface area contributed by atoms with Crippen molar-refractivity contribution in [2.75, 3.05) is 12.4 Å². The largest absolute Gasteiger partial charge is 1.00 e. The van der Waals surface area contributed by atoms with Crippen molar-refractivity contribution in [2.24, 2.45) is 0 Å². The van der Waals surface area contributed by atoms with Crippen LogP contribution in [0.5, 0.6) is 0 Å². The summed E-state index contributed by atoms with van der Waals surface area (Å²) in [4.78, 5) is 19.7. The standard InChI is InChI=1S/C13H15N4O.2CH3.Li/c1-14-13-15-7-9-6-11(8-18)17(12(9)16-13)10-4-2-3-5-10;;;/h6-7,10H,2-5H2,1H3,(H,14,15,16);2*1H3;/q3*-1;+1. The van der Waals surface area contributed by atoms with Gasteiger partial charge in [-0.25, -0.2) is 4.98 Å². The van der Waals surface area contributed by atoms with E-state index in [-0.39, 0.29) is 33.7 Å². The van der Waals surface area contributed by atoms with Gasteiger partial charge >= 0.3 is 18.9 Å². The van der Waals surface area contributed by atoms with Gasteiger partial charge in [-0.3, -0.25) is 0 Å². The normalized spacial score (nSPS) is 14.0. The van der Waals surface area contributed by atoms with Crippen LogP contribution >= 0.6 is 0 Å². The van der Waals surface area contributed by atoms with Crippen LogP contribution in [-0.4, -0.2) is 27.9 Å². The molecule has 1 aliphatic rings. The minimum Gasteiger partial charge on any atom is -0.417 e. The van der Waals surface area contributed by atoms with Crippen LogP contribution in [0.25, 0.3) is 11.0 Å². The van der Waals surface area contributed by atoms with E-state index in [1.54, 1.807) is 13.2 Å². The molecule has 0 aromatic carbocycles. The van der Waals surface area contributed by atoms with Gasteiger partial charge in [-0.05, 0) is 18.2 Å². The summed E-state index contributed by atoms with van der Waals surface area (Å²) in [7, 11) is 1.79. The Morgan fingerprint density at radius 2 is 2.00 bits per heavy atom. The van der Waals surface area contributed by atoms with E-state index in [0.29, 0.717) is 17.7 Å². The molecule has 21 heavy (non-hydrogen) atoms. The fourth-order valence-electron chi connectivity index (χ4n) is 2.74. The third-order valence-electron chi connectivity index (χ3n) is 3.59. The van der Waals surface area contributed by atoms with E-state index in [0.717, 1.165) is 23.9 Å². The summed E-state index contributed by atoms with van der Waals surface area (Å²) in [6, 6.07) is 2.19. The van der Waals surface area contributed by atoms with E-state index in [4.69, 9.17) is 0 Å². The average Bonchev–Trinajstić information content (AvgIpc) is 3.03. The maximum absolute atomic E-state index is 11.1. The molecule has 0 spiro atoms. The predicted octanol–water partition coefficient (Wildman–Crippen LogP) is -0.0495. The average molecular weight is 280 g/mol. The SMILES string of the molecule is CNc1ncc2cc([C-]=O)n(C3CCCC3)c2n1.[CH3-].[CH3-].[Li+]. The van der Waals surface area contributed by atoms with Crippen molar-refractivity contribution in [1.29, 1.82) is 0 Å². The third kappa shape index (κ3) is 3.48. The molecule has 110 valence electrons. The molecule has 0 unspecified atom stereocenters. The van der Waals surface area contributed by atoms with Gasteiger partial charge in [0.05, 0.1) is 0 Å². The zero-order valence-electron chi connectivity index (χ0n) is 13.3. The number of hydrogen-bond acceptors (Lipinski definition) is 4. The van der Waals surface area contributed by atoms with Crippen molar-refractivity contribution in [2.45, 2.75) is 31.7 Å². The minimum atomic E-state index is 0. The van der Waals surface area contributed by atoms with Gasteiger partial charge in [-0.1, -0.05) is 18.5 Å². The molecule has 1 aliphatic carbocycles. The van der Waals surface area contributed by atoms with Gasteiger partial charge in [0.2, 0.25) is 5.95 Å². The zero-order chi connectivity index (χ0) is 12.5. The summed E-state index contributed by atoms with van der Waals surface area (Å²) in [5.41, 5.74) is 1.42. The Morgan fingerprint density at radius 3 is 2.57 bits per heavy atom. The molecular formula is C15H21LiN4O-2. The maximum atomic E-state index is 11.1. The molecule has 5 nitrogen and oxygen atoms in total. The molecule has 2 aromatic rings. The van der Waals surface area contributed by atoms with Gasteiger partial charge in [0.25, 0.3) is 0 Å². The van der Waals surface area contributed by atoms with Crippen LogP contribution in [0.2, 0.25) is 0 Å². The molecule has 1 fully saturated rings. The number of fused-ring (bicyclic) bond motifs is 1. The summed E-state index contributed by atoms with van der Waals surface area (Å²) >= 11 is 0. The van der Waals surface area contributed by atoms with Gasteiger partial charge in [0, 0.05) is 25.6 Å². The van der Waals surface area contributed by atoms with Gasteiger partial charge in [-0.15, -0.1) is 0 Å². The van der Waals surface area contributed by atoms with Crippen LogP contribution in [0.3, 0.4) is 0 Å². The van der Waals surface area contributed by atoms with Crippen molar-refractivity contribution in [1.82, 2.24) is 14.5 Å². The maximum Gasteiger partial charge on any atom is 1.00 e. The fraction of sp³-hybridized carbons (Fsp3) is 0.400. The van der Waals surface area contributed by atoms with Crippen LogP contribution in [0.4, 0.5) is 5.95 Å². The van der Waals surface area contributed by atoms with Crippen LogP contribution < -0.4 is 24.2 Å². The molecule has 0 aliphatic heterocycles. The van der Waals surface area contributed by atoms with E-state index in [1.807, 2.05) is 16.9 Å². The van der Waals surface area contributed by atoms with E-state index >= 15 is 0 Å². The molecule has 2 aromatic heterocycles. The third-order valence-corrected chi connectivity index (χ3v) is 3.59. The summed E-state index contributed by atoms with van der Waals surface area (Å²) in [5.74, 6) is 0.581. The van der Waals surface area contributed by atoms with Gasteiger partial charge < -0.3 is 29.5 Å². The molecule has 0 saturated heterocycles. The van der Waals surface area contributed by atoms with E-state index < -0.39 is 0 Å². The topological polar surface area (TPSA) is 59.8 Å². The Hall–Kier alpha value is -1.31. The fourth-order valence-corrected chi connectivity index (χ4v) is 2.74. The first kappa shape index (κ1) is 19.7. The molecule has 3 rings (SSSR count). The second-order valence-corrected chi connectivity index (χ2v) is 4.66. The number of anilines is 1. The minimum absolute atomic E-state index is 0. The molecule has 0 radical (unpaired) electrons. The molecule has 1 saturated carbocycles. The van der Waals surface area contributed by atoms with Crippen molar-refractivity contribution < 1.29 is 23.7 Å². The van der Waals surface area contributed by atoms with E-state index in [1.165, 1.54) is 12.8 Å². The molecule has 6 heteroatoms. The Labute approximate surface area is 138 Å². The predicted molar refractivity (Wildman–Crippen MR) is 82.2 cm³/mol. The Morgan fingerprint density at radius 1 is 1.33 bits per heavy atom. The summed E-state index contributed by atoms with van der Waals surface area (Å²) in [6.45, 7) is 0. The number of hydrogen-bond donors (Lipinski definition) is 1. The Bertz CT molecular complexity index is 591. The first-order valence-corrected chi connectivity index (χ1v) is 6.27. The monoisotopic (exact) mass is 280 g/mol. The van der Waals surface area contributed by atoms with Gasteiger partial charge in [0.1, 0.15) is 5.65 Å². The van der Waals surface area contributed by atoms with Crippen LogP contribution in [0.15, 0.2) is 12.3 Å². The Balaban J connectivity index is 0.00000133. The van der Waals surface area contributed by atoms with Crippen molar-refractivity contribution >= 4 is 23.3 Å². The second kappa shape index (κ2) is 8.21. The van der Waals surface area contributed by atoms with Crippen LogP contribution in [0.1, 0.15) is 37.4 Å². The van der Waals surface area contributed by atoms with E-state index in [9.17, 15) is 4.79 Å². The van der Waals surface area contributed by atoms with E-state index in [2.05, 4.69) is 15.3 Å². The number of nitrogens with one attached hydrogen (secondary N) is 1. The number of rotatable bonds is 3. The quantitative estimate of drug-likeness (QED) is 0.632. The van der Waals surface area contributed by atoms with Crippen molar-refractivity contribution in [3.8, 4) is 0 Å². The zero-order valence-corrected chi connectivity index (χ0v) is 13.3. The van der Waals surface area contributed by atoms with Crippen molar-refractivity contribution in [3.63, 3.8) is 0 Å². The summed E-state index contributed by atoms with van der Waals surface area (Å²) < 4.78 is 2.03. The van der Waals surface area contributed by atoms with Crippen LogP contribution in [0, 0.1) is 14.9 Å². The first-order valence-electron chi connectivity index (χ1n) is 6.27. The van der Waals surface area contributed by atoms with Gasteiger partial charge in [0.15, 0.2) is 0 Å². The molecule has 1 N–H and O–H groups in total. The Kier molecular flexibility index (Phi) is 7.70. The summed E-state index contributed by atoms with van der Waals surface area (Å²) in [6.07, 6.45) is 8.42. The number of nitrogens with zero attached hydrogens (tertiary/aromatic N) is 3. The molecule has 0 atom stereocenters. The van der Waals surface area contributed by atoms with Crippen molar-refractivity contribution in [3.05, 3.63) is 32.8 Å². The number of aromatic nitrogens is 3. The second-order valence-electron chi connectivity index (χ2n) is 4.66.